The van der Waals surface area contributed by atoms with Gasteiger partial charge >= 0.3 is 0 Å². The standard InChI is InChI=1S/C54H36N2O/c1-3-19-37(20-4-1)39-23-7-8-27-44(39)53-40(38-21-5-2-6-22-38)28-17-34-50(53)56(51-35-18-29-45-43-26-11-16-36-52(43)57-54(45)51)49-33-15-14-32-48(49)55-46-30-12-9-24-41(46)42-25-10-13-31-47(42)55/h1-36H. The van der Waals surface area contributed by atoms with Crippen molar-refractivity contribution in [3.8, 4) is 39.1 Å². The molecule has 57 heavy (non-hydrogen) atoms. The Morgan fingerprint density at radius 2 is 0.825 bits per heavy atom. The largest absolute Gasteiger partial charge is 0.454 e. The van der Waals surface area contributed by atoms with Gasteiger partial charge in [-0.2, -0.15) is 0 Å². The fourth-order valence-electron chi connectivity index (χ4n) is 8.76. The second kappa shape index (κ2) is 13.6. The second-order valence-electron chi connectivity index (χ2n) is 14.4. The summed E-state index contributed by atoms with van der Waals surface area (Å²) in [6.45, 7) is 0. The molecular formula is C54H36N2O. The Balaban J connectivity index is 1.29. The molecule has 0 atom stereocenters. The number of anilines is 3. The molecule has 0 aliphatic heterocycles. The second-order valence-corrected chi connectivity index (χ2v) is 14.4. The number of nitrogens with zero attached hydrogens (tertiary/aromatic N) is 2. The SMILES string of the molecule is c1ccc(-c2ccccc2-c2c(-c3ccccc3)cccc2N(c2ccccc2-n2c3ccccc3c3ccccc32)c2cccc3c2oc2ccccc23)cc1. The van der Waals surface area contributed by atoms with E-state index >= 15 is 0 Å². The zero-order valence-electron chi connectivity index (χ0n) is 31.1. The molecule has 0 aliphatic rings. The minimum Gasteiger partial charge on any atom is -0.454 e. The van der Waals surface area contributed by atoms with E-state index in [9.17, 15) is 0 Å². The number of benzene rings is 9. The van der Waals surface area contributed by atoms with Gasteiger partial charge in [0.05, 0.1) is 33.8 Å². The zero-order valence-corrected chi connectivity index (χ0v) is 31.1. The Hall–Kier alpha value is -7.62. The van der Waals surface area contributed by atoms with Gasteiger partial charge in [0.1, 0.15) is 5.58 Å². The summed E-state index contributed by atoms with van der Waals surface area (Å²) < 4.78 is 9.30. The van der Waals surface area contributed by atoms with Gasteiger partial charge in [-0.3, -0.25) is 0 Å². The fraction of sp³-hybridized carbons (Fsp3) is 0. The molecule has 0 spiro atoms. The van der Waals surface area contributed by atoms with Crippen molar-refractivity contribution in [2.75, 3.05) is 4.90 Å². The number of rotatable bonds is 7. The molecule has 11 aromatic rings. The average Bonchev–Trinajstić information content (AvgIpc) is 3.84. The summed E-state index contributed by atoms with van der Waals surface area (Å²) in [6.07, 6.45) is 0. The Morgan fingerprint density at radius 3 is 1.56 bits per heavy atom. The molecular weight excluding hydrogens is 693 g/mol. The third-order valence-corrected chi connectivity index (χ3v) is 11.2. The van der Waals surface area contributed by atoms with Crippen molar-refractivity contribution in [1.82, 2.24) is 4.57 Å². The average molecular weight is 729 g/mol. The van der Waals surface area contributed by atoms with Crippen LogP contribution < -0.4 is 4.90 Å². The van der Waals surface area contributed by atoms with Crippen LogP contribution in [-0.2, 0) is 0 Å². The lowest BCUT2D eigenvalue weighted by Gasteiger charge is -2.31. The smallest absolute Gasteiger partial charge is 0.159 e. The molecule has 268 valence electrons. The van der Waals surface area contributed by atoms with Crippen molar-refractivity contribution < 1.29 is 4.42 Å². The molecule has 0 saturated carbocycles. The van der Waals surface area contributed by atoms with Crippen molar-refractivity contribution in [3.63, 3.8) is 0 Å². The Kier molecular flexibility index (Phi) is 7.82. The molecule has 0 radical (unpaired) electrons. The number of furan rings is 1. The van der Waals surface area contributed by atoms with E-state index in [1.807, 2.05) is 6.07 Å². The van der Waals surface area contributed by atoms with Gasteiger partial charge in [-0.15, -0.1) is 0 Å². The molecule has 2 heterocycles. The highest BCUT2D eigenvalue weighted by Gasteiger charge is 2.27. The van der Waals surface area contributed by atoms with Crippen LogP contribution in [0.1, 0.15) is 0 Å². The van der Waals surface area contributed by atoms with Gasteiger partial charge in [-0.05, 0) is 70.3 Å². The lowest BCUT2D eigenvalue weighted by Crippen LogP contribution is -2.15. The van der Waals surface area contributed by atoms with E-state index in [1.165, 1.54) is 21.9 Å². The quantitative estimate of drug-likeness (QED) is 0.163. The Bertz CT molecular complexity index is 3190. The van der Waals surface area contributed by atoms with Gasteiger partial charge in [0, 0.05) is 27.1 Å². The van der Waals surface area contributed by atoms with Crippen LogP contribution in [0, 0.1) is 0 Å². The van der Waals surface area contributed by atoms with Crippen molar-refractivity contribution in [1.29, 1.82) is 0 Å². The van der Waals surface area contributed by atoms with Crippen LogP contribution in [0.25, 0.3) is 82.8 Å². The number of hydrogen-bond donors (Lipinski definition) is 0. The normalized spacial score (nSPS) is 11.5. The maximum atomic E-state index is 6.88. The Labute approximate surface area is 330 Å². The summed E-state index contributed by atoms with van der Waals surface area (Å²) in [5, 5.41) is 4.61. The van der Waals surface area contributed by atoms with Gasteiger partial charge in [0.15, 0.2) is 5.58 Å². The van der Waals surface area contributed by atoms with Crippen LogP contribution in [-0.4, -0.2) is 4.57 Å². The zero-order chi connectivity index (χ0) is 37.7. The van der Waals surface area contributed by atoms with E-state index in [4.69, 9.17) is 4.42 Å². The van der Waals surface area contributed by atoms with Crippen molar-refractivity contribution in [2.45, 2.75) is 0 Å². The van der Waals surface area contributed by atoms with Gasteiger partial charge < -0.3 is 13.9 Å². The summed E-state index contributed by atoms with van der Waals surface area (Å²) in [5.41, 5.74) is 15.0. The lowest BCUT2D eigenvalue weighted by atomic mass is 9.87. The molecule has 0 N–H and O–H groups in total. The van der Waals surface area contributed by atoms with Crippen LogP contribution in [0.4, 0.5) is 17.1 Å². The predicted octanol–water partition coefficient (Wildman–Crippen LogP) is 15.2. The highest BCUT2D eigenvalue weighted by atomic mass is 16.3. The van der Waals surface area contributed by atoms with Crippen molar-refractivity contribution in [3.05, 3.63) is 218 Å². The number of aromatic nitrogens is 1. The summed E-state index contributed by atoms with van der Waals surface area (Å²) in [4.78, 5) is 2.44. The van der Waals surface area contributed by atoms with E-state index in [-0.39, 0.29) is 0 Å². The van der Waals surface area contributed by atoms with Gasteiger partial charge in [-0.1, -0.05) is 176 Å². The van der Waals surface area contributed by atoms with E-state index in [1.54, 1.807) is 0 Å². The molecule has 0 fully saturated rings. The molecule has 2 aromatic heterocycles. The highest BCUT2D eigenvalue weighted by Crippen LogP contribution is 2.51. The molecule has 0 aliphatic carbocycles. The minimum absolute atomic E-state index is 0.836. The van der Waals surface area contributed by atoms with E-state index in [2.05, 4.69) is 222 Å². The first-order valence-electron chi connectivity index (χ1n) is 19.4. The predicted molar refractivity (Wildman–Crippen MR) is 239 cm³/mol. The topological polar surface area (TPSA) is 21.3 Å². The van der Waals surface area contributed by atoms with Crippen LogP contribution in [0.3, 0.4) is 0 Å². The van der Waals surface area contributed by atoms with Crippen LogP contribution in [0.5, 0.6) is 0 Å². The number of hydrogen-bond acceptors (Lipinski definition) is 2. The number of para-hydroxylation sites is 6. The summed E-state index contributed by atoms with van der Waals surface area (Å²) >= 11 is 0. The molecule has 0 bridgehead atoms. The van der Waals surface area contributed by atoms with E-state index < -0.39 is 0 Å². The molecule has 0 amide bonds. The molecule has 3 heteroatoms. The fourth-order valence-corrected chi connectivity index (χ4v) is 8.76. The molecule has 9 aromatic carbocycles. The number of fused-ring (bicyclic) bond motifs is 6. The maximum Gasteiger partial charge on any atom is 0.159 e. The lowest BCUT2D eigenvalue weighted by molar-refractivity contribution is 0.669. The van der Waals surface area contributed by atoms with Crippen LogP contribution in [0.15, 0.2) is 223 Å². The highest BCUT2D eigenvalue weighted by molar-refractivity contribution is 6.13. The van der Waals surface area contributed by atoms with Gasteiger partial charge in [-0.25, -0.2) is 0 Å². The first-order chi connectivity index (χ1) is 28.3. The van der Waals surface area contributed by atoms with E-state index in [0.717, 1.165) is 78.0 Å². The van der Waals surface area contributed by atoms with Gasteiger partial charge in [0.25, 0.3) is 0 Å². The van der Waals surface area contributed by atoms with Gasteiger partial charge in [0.2, 0.25) is 0 Å². The molecule has 0 unspecified atom stereocenters. The molecule has 3 nitrogen and oxygen atoms in total. The third-order valence-electron chi connectivity index (χ3n) is 11.2. The van der Waals surface area contributed by atoms with Crippen LogP contribution in [0.2, 0.25) is 0 Å². The van der Waals surface area contributed by atoms with Crippen molar-refractivity contribution >= 4 is 60.8 Å². The monoisotopic (exact) mass is 728 g/mol. The first-order valence-corrected chi connectivity index (χ1v) is 19.4. The summed E-state index contributed by atoms with van der Waals surface area (Å²) in [7, 11) is 0. The summed E-state index contributed by atoms with van der Waals surface area (Å²) in [6, 6.07) is 78.1. The van der Waals surface area contributed by atoms with Crippen molar-refractivity contribution in [2.24, 2.45) is 0 Å². The third kappa shape index (κ3) is 5.36. The maximum absolute atomic E-state index is 6.88. The molecule has 0 saturated heterocycles. The minimum atomic E-state index is 0.836. The summed E-state index contributed by atoms with van der Waals surface area (Å²) in [5.74, 6) is 0. The molecule has 11 rings (SSSR count). The Morgan fingerprint density at radius 1 is 0.333 bits per heavy atom. The van der Waals surface area contributed by atoms with Crippen LogP contribution >= 0.6 is 0 Å². The first kappa shape index (κ1) is 32.8. The van der Waals surface area contributed by atoms with E-state index in [0.29, 0.717) is 0 Å².